The zero-order valence-corrected chi connectivity index (χ0v) is 16.0. The molecule has 3 amide bonds. The summed E-state index contributed by atoms with van der Waals surface area (Å²) < 4.78 is 0. The summed E-state index contributed by atoms with van der Waals surface area (Å²) in [4.78, 5) is 46.5. The summed E-state index contributed by atoms with van der Waals surface area (Å²) in [6, 6.07) is 9.54. The number of fused-ring (bicyclic) bond motifs is 1. The van der Waals surface area contributed by atoms with Crippen LogP contribution in [0.15, 0.2) is 77.3 Å². The van der Waals surface area contributed by atoms with E-state index < -0.39 is 5.92 Å². The molecule has 1 heterocycles. The second-order valence-corrected chi connectivity index (χ2v) is 6.61. The Morgan fingerprint density at radius 1 is 1.14 bits per heavy atom. The van der Waals surface area contributed by atoms with Crippen LogP contribution in [0.4, 0.5) is 0 Å². The van der Waals surface area contributed by atoms with E-state index in [9.17, 15) is 14.4 Å². The lowest BCUT2D eigenvalue weighted by Gasteiger charge is -2.25. The highest BCUT2D eigenvalue weighted by molar-refractivity contribution is 6.21. The van der Waals surface area contributed by atoms with E-state index in [1.165, 1.54) is 0 Å². The number of hydrogen-bond donors (Lipinski definition) is 1. The van der Waals surface area contributed by atoms with Crippen LogP contribution in [0.25, 0.3) is 0 Å². The summed E-state index contributed by atoms with van der Waals surface area (Å²) in [6.07, 6.45) is 8.44. The summed E-state index contributed by atoms with van der Waals surface area (Å²) in [7, 11) is 0. The lowest BCUT2D eigenvalue weighted by atomic mass is 9.96. The molecule has 1 aromatic carbocycles. The van der Waals surface area contributed by atoms with Gasteiger partial charge in [0, 0.05) is 19.5 Å². The summed E-state index contributed by atoms with van der Waals surface area (Å²) in [5.74, 6) is -0.924. The van der Waals surface area contributed by atoms with Crippen molar-refractivity contribution in [3.05, 3.63) is 72.9 Å². The number of aliphatic imine (C=N–C) groups is 2. The molecule has 0 aromatic heterocycles. The maximum Gasteiger partial charge on any atom is 0.260 e. The van der Waals surface area contributed by atoms with Gasteiger partial charge in [-0.05, 0) is 17.7 Å². The molecule has 0 saturated carbocycles. The number of amides is 3. The minimum absolute atomic E-state index is 0.114. The maximum absolute atomic E-state index is 12.8. The van der Waals surface area contributed by atoms with Gasteiger partial charge in [-0.3, -0.25) is 14.4 Å². The Kier molecular flexibility index (Phi) is 6.63. The molecule has 0 fully saturated rings. The van der Waals surface area contributed by atoms with Gasteiger partial charge in [0.2, 0.25) is 11.8 Å². The van der Waals surface area contributed by atoms with E-state index >= 15 is 0 Å². The van der Waals surface area contributed by atoms with Crippen molar-refractivity contribution < 1.29 is 14.4 Å². The number of allylic oxidation sites excluding steroid dienone is 3. The third-order valence-corrected chi connectivity index (χ3v) is 4.49. The number of carbonyl (C=O) groups is 3. The first-order valence-corrected chi connectivity index (χ1v) is 9.33. The molecule has 0 spiro atoms. The molecular formula is C22H22N4O3. The van der Waals surface area contributed by atoms with E-state index in [-0.39, 0.29) is 37.2 Å². The SMILES string of the molecule is C=CC(=O)NCCC(=O)N(CC1=NC(=O)C2C=CC=CC2=N1)Cc1ccccc1. The lowest BCUT2D eigenvalue weighted by Crippen LogP contribution is -2.39. The molecule has 0 saturated heterocycles. The van der Waals surface area contributed by atoms with Crippen LogP contribution in [0.1, 0.15) is 12.0 Å². The molecule has 1 aromatic rings. The smallest absolute Gasteiger partial charge is 0.260 e. The number of carbonyl (C=O) groups excluding carboxylic acids is 3. The zero-order chi connectivity index (χ0) is 20.6. The predicted octanol–water partition coefficient (Wildman–Crippen LogP) is 1.83. The Morgan fingerprint density at radius 2 is 1.93 bits per heavy atom. The van der Waals surface area contributed by atoms with Gasteiger partial charge < -0.3 is 10.2 Å². The van der Waals surface area contributed by atoms with E-state index in [1.807, 2.05) is 36.4 Å². The molecule has 29 heavy (non-hydrogen) atoms. The Hall–Kier alpha value is -3.61. The molecule has 1 atom stereocenters. The second kappa shape index (κ2) is 9.54. The van der Waals surface area contributed by atoms with E-state index in [1.54, 1.807) is 23.1 Å². The average molecular weight is 390 g/mol. The highest BCUT2D eigenvalue weighted by Gasteiger charge is 2.27. The van der Waals surface area contributed by atoms with Crippen molar-refractivity contribution in [2.45, 2.75) is 13.0 Å². The molecule has 1 aliphatic carbocycles. The fourth-order valence-electron chi connectivity index (χ4n) is 3.02. The van der Waals surface area contributed by atoms with Crippen LogP contribution in [0.3, 0.4) is 0 Å². The average Bonchev–Trinajstić information content (AvgIpc) is 2.74. The van der Waals surface area contributed by atoms with Crippen molar-refractivity contribution in [1.82, 2.24) is 10.2 Å². The van der Waals surface area contributed by atoms with E-state index in [2.05, 4.69) is 21.9 Å². The van der Waals surface area contributed by atoms with Crippen molar-refractivity contribution >= 4 is 29.3 Å². The van der Waals surface area contributed by atoms with Crippen molar-refractivity contribution in [3.8, 4) is 0 Å². The third kappa shape index (κ3) is 5.44. The lowest BCUT2D eigenvalue weighted by molar-refractivity contribution is -0.131. The standard InChI is InChI=1S/C22H22N4O3/c1-2-20(27)23-13-12-21(28)26(14-16-8-4-3-5-9-16)15-19-24-18-11-7-6-10-17(18)22(29)25-19/h2-11,17H,1,12-15H2,(H,23,27). The Bertz CT molecular complexity index is 929. The molecule has 1 unspecified atom stereocenters. The molecule has 7 heteroatoms. The molecule has 0 bridgehead atoms. The summed E-state index contributed by atoms with van der Waals surface area (Å²) >= 11 is 0. The minimum atomic E-state index is -0.448. The number of nitrogens with one attached hydrogen (secondary N) is 1. The van der Waals surface area contributed by atoms with Gasteiger partial charge in [-0.2, -0.15) is 4.99 Å². The van der Waals surface area contributed by atoms with Gasteiger partial charge in [0.1, 0.15) is 5.92 Å². The number of benzene rings is 1. The normalized spacial score (nSPS) is 17.1. The van der Waals surface area contributed by atoms with E-state index in [4.69, 9.17) is 0 Å². The molecule has 3 rings (SSSR count). The molecule has 2 aliphatic rings. The molecule has 1 aliphatic heterocycles. The number of rotatable bonds is 8. The van der Waals surface area contributed by atoms with Gasteiger partial charge in [-0.15, -0.1) is 0 Å². The molecule has 1 N–H and O–H groups in total. The molecule has 148 valence electrons. The molecule has 7 nitrogen and oxygen atoms in total. The third-order valence-electron chi connectivity index (χ3n) is 4.49. The quantitative estimate of drug-likeness (QED) is 0.687. The minimum Gasteiger partial charge on any atom is -0.352 e. The van der Waals surface area contributed by atoms with Gasteiger partial charge in [-0.25, -0.2) is 4.99 Å². The summed E-state index contributed by atoms with van der Waals surface area (Å²) in [5.41, 5.74) is 1.58. The first-order chi connectivity index (χ1) is 14.1. The van der Waals surface area contributed by atoms with Gasteiger partial charge in [-0.1, -0.05) is 55.1 Å². The summed E-state index contributed by atoms with van der Waals surface area (Å²) in [5, 5.41) is 2.60. The Morgan fingerprint density at radius 3 is 2.69 bits per heavy atom. The van der Waals surface area contributed by atoms with Crippen LogP contribution in [0, 0.1) is 5.92 Å². The van der Waals surface area contributed by atoms with Crippen molar-refractivity contribution in [2.75, 3.05) is 13.1 Å². The molecular weight excluding hydrogens is 368 g/mol. The highest BCUT2D eigenvalue weighted by atomic mass is 16.2. The molecule has 0 radical (unpaired) electrons. The van der Waals surface area contributed by atoms with Crippen LogP contribution in [-0.4, -0.2) is 47.3 Å². The Labute approximate surface area is 169 Å². The zero-order valence-electron chi connectivity index (χ0n) is 16.0. The van der Waals surface area contributed by atoms with Crippen LogP contribution in [0.5, 0.6) is 0 Å². The number of amidine groups is 1. The van der Waals surface area contributed by atoms with E-state index in [0.29, 0.717) is 18.1 Å². The van der Waals surface area contributed by atoms with Gasteiger partial charge in [0.25, 0.3) is 5.91 Å². The summed E-state index contributed by atoms with van der Waals surface area (Å²) in [6.45, 7) is 4.05. The number of nitrogens with zero attached hydrogens (tertiary/aromatic N) is 3. The Balaban J connectivity index is 1.73. The largest absolute Gasteiger partial charge is 0.352 e. The topological polar surface area (TPSA) is 91.2 Å². The fraction of sp³-hybridized carbons (Fsp3) is 0.227. The predicted molar refractivity (Wildman–Crippen MR) is 111 cm³/mol. The first-order valence-electron chi connectivity index (χ1n) is 9.33. The highest BCUT2D eigenvalue weighted by Crippen LogP contribution is 2.17. The van der Waals surface area contributed by atoms with Gasteiger partial charge in [0.15, 0.2) is 5.84 Å². The van der Waals surface area contributed by atoms with Gasteiger partial charge >= 0.3 is 0 Å². The first kappa shape index (κ1) is 20.1. The van der Waals surface area contributed by atoms with Crippen molar-refractivity contribution in [3.63, 3.8) is 0 Å². The van der Waals surface area contributed by atoms with E-state index in [0.717, 1.165) is 11.6 Å². The van der Waals surface area contributed by atoms with Crippen LogP contribution in [-0.2, 0) is 20.9 Å². The fourth-order valence-corrected chi connectivity index (χ4v) is 3.02. The second-order valence-electron chi connectivity index (χ2n) is 6.61. The monoisotopic (exact) mass is 390 g/mol. The van der Waals surface area contributed by atoms with Crippen LogP contribution < -0.4 is 5.32 Å². The van der Waals surface area contributed by atoms with Gasteiger partial charge in [0.05, 0.1) is 12.3 Å². The van der Waals surface area contributed by atoms with Crippen molar-refractivity contribution in [1.29, 1.82) is 0 Å². The van der Waals surface area contributed by atoms with Crippen LogP contribution >= 0.6 is 0 Å². The maximum atomic E-state index is 12.8. The number of hydrogen-bond acceptors (Lipinski definition) is 4. The van der Waals surface area contributed by atoms with Crippen LogP contribution in [0.2, 0.25) is 0 Å². The van der Waals surface area contributed by atoms with Crippen molar-refractivity contribution in [2.24, 2.45) is 15.9 Å².